The Balaban J connectivity index is 1.64. The van der Waals surface area contributed by atoms with Gasteiger partial charge in [-0.15, -0.1) is 0 Å². The average molecular weight is 636 g/mol. The molecule has 0 saturated heterocycles. The van der Waals surface area contributed by atoms with Crippen LogP contribution in [0.3, 0.4) is 0 Å². The van der Waals surface area contributed by atoms with Gasteiger partial charge in [-0.05, 0) is 60.2 Å². The molecule has 1 N–H and O–H groups in total. The van der Waals surface area contributed by atoms with Gasteiger partial charge in [0.25, 0.3) is 5.91 Å². The molecule has 2 aromatic heterocycles. The number of sulfonamides is 1. The second kappa shape index (κ2) is 11.0. The second-order valence-corrected chi connectivity index (χ2v) is 12.1. The predicted octanol–water partition coefficient (Wildman–Crippen LogP) is 6.76. The van der Waals surface area contributed by atoms with Gasteiger partial charge in [0.1, 0.15) is 28.4 Å². The van der Waals surface area contributed by atoms with Gasteiger partial charge >= 0.3 is 0 Å². The maximum absolute atomic E-state index is 14.5. The van der Waals surface area contributed by atoms with Crippen LogP contribution in [-0.4, -0.2) is 46.8 Å². The fourth-order valence-electron chi connectivity index (χ4n) is 5.05. The number of rotatable bonds is 7. The van der Waals surface area contributed by atoms with E-state index >= 15 is 0 Å². The lowest BCUT2D eigenvalue weighted by Gasteiger charge is -2.21. The van der Waals surface area contributed by atoms with Crippen molar-refractivity contribution < 1.29 is 40.0 Å². The van der Waals surface area contributed by atoms with Crippen molar-refractivity contribution in [3.8, 4) is 39.7 Å². The molecule has 0 aliphatic heterocycles. The average Bonchev–Trinajstić information content (AvgIpc) is 3.63. The molecule has 6 rings (SSSR count). The lowest BCUT2D eigenvalue weighted by atomic mass is 9.97. The van der Waals surface area contributed by atoms with Gasteiger partial charge in [0.2, 0.25) is 15.9 Å². The summed E-state index contributed by atoms with van der Waals surface area (Å²) < 4.78 is 86.0. The molecule has 0 bridgehead atoms. The fourth-order valence-corrected chi connectivity index (χ4v) is 5.56. The molecular formula is C32H24F3N3O6S. The smallest absolute Gasteiger partial charge is 0.255 e. The number of methoxy groups -OCH3 is 1. The highest BCUT2D eigenvalue weighted by atomic mass is 32.2. The number of furan rings is 1. The van der Waals surface area contributed by atoms with E-state index in [0.29, 0.717) is 27.8 Å². The minimum absolute atomic E-state index is 0.0113. The summed E-state index contributed by atoms with van der Waals surface area (Å²) in [6.07, 6.45) is 1.04. The minimum Gasteiger partial charge on any atom is -0.496 e. The van der Waals surface area contributed by atoms with Crippen molar-refractivity contribution in [2.75, 3.05) is 31.8 Å². The van der Waals surface area contributed by atoms with Crippen molar-refractivity contribution >= 4 is 43.7 Å². The van der Waals surface area contributed by atoms with Crippen molar-refractivity contribution in [3.05, 3.63) is 89.7 Å². The number of anilines is 1. The highest BCUT2D eigenvalue weighted by molar-refractivity contribution is 7.92. The quantitative estimate of drug-likeness (QED) is 0.206. The summed E-state index contributed by atoms with van der Waals surface area (Å²) in [5.74, 6) is -2.84. The Kier molecular flexibility index (Phi) is 7.28. The van der Waals surface area contributed by atoms with Crippen LogP contribution in [0.15, 0.2) is 75.6 Å². The summed E-state index contributed by atoms with van der Waals surface area (Å²) in [5, 5.41) is 2.95. The van der Waals surface area contributed by atoms with Gasteiger partial charge in [0.15, 0.2) is 17.2 Å². The van der Waals surface area contributed by atoms with Gasteiger partial charge < -0.3 is 18.9 Å². The van der Waals surface area contributed by atoms with Crippen LogP contribution < -0.4 is 14.4 Å². The van der Waals surface area contributed by atoms with Crippen LogP contribution >= 0.6 is 0 Å². The lowest BCUT2D eigenvalue weighted by Crippen LogP contribution is -2.25. The standard InChI is InChI=1S/C32H24F3N3O6S/c1-36-31(39)27-20-14-19(23(38(2)45(4,40)41)15-26(20)43-30(27)16-5-8-18(33)9-6-16)17-7-11-24(42-3)21(13-17)32-37-29-25(44-32)12-10-22(34)28(29)35/h5-15H,1-4H3,(H,36,39). The molecule has 13 heteroatoms. The van der Waals surface area contributed by atoms with Crippen molar-refractivity contribution in [1.82, 2.24) is 10.3 Å². The van der Waals surface area contributed by atoms with E-state index < -0.39 is 33.4 Å². The SMILES string of the molecule is CNC(=O)c1c(-c2ccc(F)cc2)oc2cc(N(C)S(C)(=O)=O)c(-c3ccc(OC)c(-c4nc5c(F)c(F)ccc5o4)c3)cc12. The number of carbonyl (C=O) groups is 1. The van der Waals surface area contributed by atoms with E-state index in [1.54, 1.807) is 24.3 Å². The highest BCUT2D eigenvalue weighted by Gasteiger charge is 2.27. The van der Waals surface area contributed by atoms with Crippen LogP contribution in [0.5, 0.6) is 5.75 Å². The van der Waals surface area contributed by atoms with Crippen LogP contribution in [0, 0.1) is 17.5 Å². The third-order valence-electron chi connectivity index (χ3n) is 7.40. The summed E-state index contributed by atoms with van der Waals surface area (Å²) in [6.45, 7) is 0. The summed E-state index contributed by atoms with van der Waals surface area (Å²) in [5.41, 5.74) is 1.77. The van der Waals surface area contributed by atoms with Gasteiger partial charge in [-0.2, -0.15) is 0 Å². The number of hydrogen-bond acceptors (Lipinski definition) is 7. The Labute approximate surface area is 254 Å². The first-order valence-electron chi connectivity index (χ1n) is 13.4. The molecule has 9 nitrogen and oxygen atoms in total. The van der Waals surface area contributed by atoms with E-state index in [-0.39, 0.29) is 45.1 Å². The molecule has 230 valence electrons. The molecule has 0 atom stereocenters. The van der Waals surface area contributed by atoms with Gasteiger partial charge in [-0.1, -0.05) is 6.07 Å². The molecule has 6 aromatic rings. The number of nitrogens with zero attached hydrogens (tertiary/aromatic N) is 2. The number of amides is 1. The van der Waals surface area contributed by atoms with Gasteiger partial charge in [0, 0.05) is 36.7 Å². The second-order valence-electron chi connectivity index (χ2n) is 10.1. The molecule has 4 aromatic carbocycles. The minimum atomic E-state index is -3.80. The van der Waals surface area contributed by atoms with E-state index in [1.807, 2.05) is 0 Å². The molecule has 2 heterocycles. The molecule has 0 aliphatic rings. The number of hydrogen-bond donors (Lipinski definition) is 1. The largest absolute Gasteiger partial charge is 0.496 e. The molecule has 0 saturated carbocycles. The Morgan fingerprint density at radius 3 is 2.29 bits per heavy atom. The lowest BCUT2D eigenvalue weighted by molar-refractivity contribution is 0.0964. The maximum Gasteiger partial charge on any atom is 0.255 e. The van der Waals surface area contributed by atoms with Crippen LogP contribution in [0.1, 0.15) is 10.4 Å². The summed E-state index contributed by atoms with van der Waals surface area (Å²) in [6, 6.07) is 15.5. The summed E-state index contributed by atoms with van der Waals surface area (Å²) in [4.78, 5) is 17.4. The Morgan fingerprint density at radius 1 is 0.911 bits per heavy atom. The monoisotopic (exact) mass is 635 g/mol. The zero-order valence-electron chi connectivity index (χ0n) is 24.2. The number of ether oxygens (including phenoxy) is 1. The van der Waals surface area contributed by atoms with Crippen LogP contribution in [0.25, 0.3) is 56.0 Å². The third-order valence-corrected chi connectivity index (χ3v) is 8.59. The zero-order chi connectivity index (χ0) is 32.2. The van der Waals surface area contributed by atoms with Crippen molar-refractivity contribution in [2.24, 2.45) is 0 Å². The third kappa shape index (κ3) is 5.14. The number of carbonyl (C=O) groups excluding carboxylic acids is 1. The van der Waals surface area contributed by atoms with Crippen LogP contribution in [0.4, 0.5) is 18.9 Å². The molecule has 0 aliphatic carbocycles. The van der Waals surface area contributed by atoms with Crippen LogP contribution in [-0.2, 0) is 10.0 Å². The first kappa shape index (κ1) is 29.8. The maximum atomic E-state index is 14.5. The molecule has 0 fully saturated rings. The predicted molar refractivity (Wildman–Crippen MR) is 163 cm³/mol. The molecule has 0 unspecified atom stereocenters. The Hall–Kier alpha value is -5.30. The number of aromatic nitrogens is 1. The van der Waals surface area contributed by atoms with Gasteiger partial charge in [-0.25, -0.2) is 26.6 Å². The molecule has 45 heavy (non-hydrogen) atoms. The van der Waals surface area contributed by atoms with E-state index in [0.717, 1.165) is 16.6 Å². The van der Waals surface area contributed by atoms with Gasteiger partial charge in [0.05, 0.1) is 30.2 Å². The van der Waals surface area contributed by atoms with E-state index in [2.05, 4.69) is 10.3 Å². The number of oxazole rings is 1. The molecule has 0 spiro atoms. The van der Waals surface area contributed by atoms with Crippen molar-refractivity contribution in [3.63, 3.8) is 0 Å². The highest BCUT2D eigenvalue weighted by Crippen LogP contribution is 2.43. The fraction of sp³-hybridized carbons (Fsp3) is 0.125. The first-order valence-corrected chi connectivity index (χ1v) is 15.2. The molecule has 0 radical (unpaired) electrons. The van der Waals surface area contributed by atoms with Crippen LogP contribution in [0.2, 0.25) is 0 Å². The molecular weight excluding hydrogens is 611 g/mol. The van der Waals surface area contributed by atoms with E-state index in [1.165, 1.54) is 57.6 Å². The zero-order valence-corrected chi connectivity index (χ0v) is 25.1. The van der Waals surface area contributed by atoms with Gasteiger partial charge in [-0.3, -0.25) is 9.10 Å². The molecule has 1 amide bonds. The van der Waals surface area contributed by atoms with Crippen molar-refractivity contribution in [2.45, 2.75) is 0 Å². The number of halogens is 3. The number of fused-ring (bicyclic) bond motifs is 2. The summed E-state index contributed by atoms with van der Waals surface area (Å²) >= 11 is 0. The number of nitrogens with one attached hydrogen (secondary N) is 1. The topological polar surface area (TPSA) is 115 Å². The van der Waals surface area contributed by atoms with E-state index in [4.69, 9.17) is 13.6 Å². The van der Waals surface area contributed by atoms with E-state index in [9.17, 15) is 26.4 Å². The van der Waals surface area contributed by atoms with Crippen molar-refractivity contribution in [1.29, 1.82) is 0 Å². The first-order chi connectivity index (χ1) is 21.4. The number of benzene rings is 4. The normalized spacial score (nSPS) is 11.7. The summed E-state index contributed by atoms with van der Waals surface area (Å²) in [7, 11) is 0.430. The Morgan fingerprint density at radius 2 is 1.62 bits per heavy atom. The Bertz CT molecular complexity index is 2250.